The van der Waals surface area contributed by atoms with E-state index in [1.54, 1.807) is 0 Å². The topological polar surface area (TPSA) is 21.3 Å². The molecule has 2 aromatic heterocycles. The SMILES string of the molecule is Fc1ccc(-n2c3ccccc3c3cc(N(c4ccc5c(c4)C(c4ccccc4)(c4ccccc4)c4ccccc4-5)c4cccc5oc6ccccc6c45)ccc32)cc1. The second kappa shape index (κ2) is 12.9. The Kier molecular flexibility index (Phi) is 7.32. The lowest BCUT2D eigenvalue weighted by Gasteiger charge is -2.35. The summed E-state index contributed by atoms with van der Waals surface area (Å²) in [6, 6.07) is 74.4. The van der Waals surface area contributed by atoms with Gasteiger partial charge in [0.2, 0.25) is 0 Å². The van der Waals surface area contributed by atoms with E-state index >= 15 is 0 Å². The zero-order valence-corrected chi connectivity index (χ0v) is 31.9. The first-order chi connectivity index (χ1) is 29.2. The summed E-state index contributed by atoms with van der Waals surface area (Å²) in [6.07, 6.45) is 0. The van der Waals surface area contributed by atoms with Crippen LogP contribution in [0, 0.1) is 5.82 Å². The molecule has 0 N–H and O–H groups in total. The van der Waals surface area contributed by atoms with Crippen LogP contribution in [0.4, 0.5) is 21.5 Å². The lowest BCUT2D eigenvalue weighted by atomic mass is 9.67. The van der Waals surface area contributed by atoms with Crippen molar-refractivity contribution in [2.45, 2.75) is 5.41 Å². The summed E-state index contributed by atoms with van der Waals surface area (Å²) in [5.41, 5.74) is 14.6. The molecule has 0 radical (unpaired) electrons. The van der Waals surface area contributed by atoms with E-state index in [0.29, 0.717) is 0 Å². The predicted molar refractivity (Wildman–Crippen MR) is 240 cm³/mol. The highest BCUT2D eigenvalue weighted by molar-refractivity contribution is 6.15. The van der Waals surface area contributed by atoms with E-state index in [2.05, 4.69) is 185 Å². The molecule has 0 atom stereocenters. The molecule has 1 aliphatic carbocycles. The molecule has 3 nitrogen and oxygen atoms in total. The van der Waals surface area contributed by atoms with Crippen LogP contribution in [0.1, 0.15) is 22.3 Å². The number of para-hydroxylation sites is 2. The number of fused-ring (bicyclic) bond motifs is 9. The van der Waals surface area contributed by atoms with E-state index in [4.69, 9.17) is 4.42 Å². The van der Waals surface area contributed by atoms with Gasteiger partial charge in [0.15, 0.2) is 0 Å². The van der Waals surface area contributed by atoms with E-state index in [-0.39, 0.29) is 5.82 Å². The largest absolute Gasteiger partial charge is 0.456 e. The Morgan fingerprint density at radius 2 is 1.05 bits per heavy atom. The highest BCUT2D eigenvalue weighted by Crippen LogP contribution is 2.57. The zero-order valence-electron chi connectivity index (χ0n) is 31.9. The van der Waals surface area contributed by atoms with Gasteiger partial charge in [-0.2, -0.15) is 0 Å². The Morgan fingerprint density at radius 1 is 0.441 bits per heavy atom. The molecule has 1 aliphatic rings. The minimum Gasteiger partial charge on any atom is -0.456 e. The number of aromatic nitrogens is 1. The Hall–Kier alpha value is -7.69. The van der Waals surface area contributed by atoms with Crippen molar-refractivity contribution in [1.82, 2.24) is 4.57 Å². The first kappa shape index (κ1) is 33.4. The number of hydrogen-bond acceptors (Lipinski definition) is 2. The number of halogens is 1. The third-order valence-corrected chi connectivity index (χ3v) is 12.3. The summed E-state index contributed by atoms with van der Waals surface area (Å²) < 4.78 is 22.9. The van der Waals surface area contributed by atoms with Gasteiger partial charge in [0.05, 0.1) is 27.5 Å². The van der Waals surface area contributed by atoms with Gasteiger partial charge in [-0.1, -0.05) is 133 Å². The highest BCUT2D eigenvalue weighted by atomic mass is 19.1. The van der Waals surface area contributed by atoms with E-state index in [0.717, 1.165) is 66.5 Å². The van der Waals surface area contributed by atoms with Gasteiger partial charge < -0.3 is 13.9 Å². The van der Waals surface area contributed by atoms with E-state index < -0.39 is 5.41 Å². The smallest absolute Gasteiger partial charge is 0.137 e. The van der Waals surface area contributed by atoms with Crippen LogP contribution in [0.25, 0.3) is 60.6 Å². The molecule has 0 saturated heterocycles. The monoisotopic (exact) mass is 758 g/mol. The molecule has 278 valence electrons. The van der Waals surface area contributed by atoms with Crippen LogP contribution in [0.15, 0.2) is 217 Å². The van der Waals surface area contributed by atoms with Crippen LogP contribution in [0.5, 0.6) is 0 Å². The quantitative estimate of drug-likeness (QED) is 0.168. The van der Waals surface area contributed by atoms with Gasteiger partial charge in [0.25, 0.3) is 0 Å². The molecule has 0 unspecified atom stereocenters. The van der Waals surface area contributed by atoms with Crippen LogP contribution >= 0.6 is 0 Å². The van der Waals surface area contributed by atoms with Crippen molar-refractivity contribution in [2.75, 3.05) is 4.90 Å². The fourth-order valence-corrected chi connectivity index (χ4v) is 9.91. The average Bonchev–Trinajstić information content (AvgIpc) is 3.94. The molecule has 0 aliphatic heterocycles. The van der Waals surface area contributed by atoms with Crippen molar-refractivity contribution in [3.05, 3.63) is 240 Å². The predicted octanol–water partition coefficient (Wildman–Crippen LogP) is 14.7. The molecule has 9 aromatic carbocycles. The van der Waals surface area contributed by atoms with Crippen LogP contribution < -0.4 is 4.90 Å². The fourth-order valence-electron chi connectivity index (χ4n) is 9.91. The van der Waals surface area contributed by atoms with Crippen molar-refractivity contribution in [2.24, 2.45) is 0 Å². The number of benzene rings is 9. The minimum absolute atomic E-state index is 0.255. The third-order valence-electron chi connectivity index (χ3n) is 12.3. The van der Waals surface area contributed by atoms with E-state index in [9.17, 15) is 4.39 Å². The number of furan rings is 1. The molecule has 59 heavy (non-hydrogen) atoms. The highest BCUT2D eigenvalue weighted by Gasteiger charge is 2.46. The zero-order chi connectivity index (χ0) is 39.1. The molecule has 0 amide bonds. The fraction of sp³-hybridized carbons (Fsp3) is 0.0182. The molecule has 0 fully saturated rings. The first-order valence-corrected chi connectivity index (χ1v) is 20.0. The number of nitrogens with zero attached hydrogens (tertiary/aromatic N) is 2. The Labute approximate surface area is 340 Å². The molecular formula is C55H35FN2O. The van der Waals surface area contributed by atoms with Gasteiger partial charge in [-0.15, -0.1) is 0 Å². The lowest BCUT2D eigenvalue weighted by Crippen LogP contribution is -2.28. The third kappa shape index (κ3) is 4.87. The van der Waals surface area contributed by atoms with Crippen molar-refractivity contribution in [3.8, 4) is 16.8 Å². The van der Waals surface area contributed by atoms with Crippen molar-refractivity contribution in [1.29, 1.82) is 0 Å². The normalized spacial score (nSPS) is 13.0. The number of rotatable bonds is 6. The Balaban J connectivity index is 1.17. The second-order valence-corrected chi connectivity index (χ2v) is 15.4. The standard InChI is InChI=1S/C55H35FN2O/c56-38-26-28-39(29-27-38)58-49-22-11-8-19-44(49)46-34-40(31-33-50(46)58)57(51-23-13-25-53-54(51)45-20-9-12-24-52(45)59-53)41-30-32-43-42-18-7-10-21-47(42)55(48(43)35-41,36-14-3-1-4-15-36)37-16-5-2-6-17-37/h1-35H. The molecule has 11 aromatic rings. The van der Waals surface area contributed by atoms with Gasteiger partial charge in [0, 0.05) is 33.2 Å². The molecule has 2 heterocycles. The second-order valence-electron chi connectivity index (χ2n) is 15.4. The maximum Gasteiger partial charge on any atom is 0.137 e. The summed E-state index contributed by atoms with van der Waals surface area (Å²) in [7, 11) is 0. The maximum absolute atomic E-state index is 14.2. The van der Waals surface area contributed by atoms with Crippen molar-refractivity contribution >= 4 is 60.8 Å². The molecule has 12 rings (SSSR count). The van der Waals surface area contributed by atoms with Gasteiger partial charge in [0.1, 0.15) is 17.0 Å². The van der Waals surface area contributed by atoms with Crippen LogP contribution in [-0.4, -0.2) is 4.57 Å². The molecular weight excluding hydrogens is 724 g/mol. The number of anilines is 3. The Bertz CT molecular complexity index is 3360. The van der Waals surface area contributed by atoms with Gasteiger partial charge in [-0.25, -0.2) is 4.39 Å². The van der Waals surface area contributed by atoms with Crippen LogP contribution in [0.2, 0.25) is 0 Å². The first-order valence-electron chi connectivity index (χ1n) is 20.0. The van der Waals surface area contributed by atoms with Gasteiger partial charge in [-0.3, -0.25) is 0 Å². The lowest BCUT2D eigenvalue weighted by molar-refractivity contribution is 0.627. The van der Waals surface area contributed by atoms with Crippen molar-refractivity contribution < 1.29 is 8.81 Å². The van der Waals surface area contributed by atoms with Crippen molar-refractivity contribution in [3.63, 3.8) is 0 Å². The molecule has 0 spiro atoms. The molecule has 0 bridgehead atoms. The molecule has 4 heteroatoms. The van der Waals surface area contributed by atoms with Gasteiger partial charge >= 0.3 is 0 Å². The summed E-state index contributed by atoms with van der Waals surface area (Å²) in [5.74, 6) is -0.255. The molecule has 0 saturated carbocycles. The van der Waals surface area contributed by atoms with E-state index in [1.165, 1.54) is 45.5 Å². The summed E-state index contributed by atoms with van der Waals surface area (Å²) in [6.45, 7) is 0. The summed E-state index contributed by atoms with van der Waals surface area (Å²) in [5, 5.41) is 4.34. The maximum atomic E-state index is 14.2. The van der Waals surface area contributed by atoms with Crippen LogP contribution in [-0.2, 0) is 5.41 Å². The summed E-state index contributed by atoms with van der Waals surface area (Å²) >= 11 is 0. The van der Waals surface area contributed by atoms with Gasteiger partial charge in [-0.05, 0) is 112 Å². The number of hydrogen-bond donors (Lipinski definition) is 0. The van der Waals surface area contributed by atoms with E-state index in [1.807, 2.05) is 24.3 Å². The average molecular weight is 759 g/mol. The van der Waals surface area contributed by atoms with Crippen LogP contribution in [0.3, 0.4) is 0 Å². The summed E-state index contributed by atoms with van der Waals surface area (Å²) in [4.78, 5) is 2.40. The Morgan fingerprint density at radius 3 is 1.85 bits per heavy atom. The minimum atomic E-state index is -0.559.